The van der Waals surface area contributed by atoms with Crippen molar-refractivity contribution in [1.29, 1.82) is 0 Å². The van der Waals surface area contributed by atoms with E-state index in [1.54, 1.807) is 18.3 Å². The Morgan fingerprint density at radius 3 is 2.83 bits per heavy atom. The molecule has 3 rings (SSSR count). The maximum atomic E-state index is 11.0. The molecule has 0 aliphatic heterocycles. The minimum Gasteiger partial charge on any atom is -0.478 e. The second-order valence-corrected chi connectivity index (χ2v) is 4.14. The fraction of sp³-hybridized carbons (Fsp3) is 0.0769. The van der Waals surface area contributed by atoms with E-state index in [4.69, 9.17) is 5.11 Å². The summed E-state index contributed by atoms with van der Waals surface area (Å²) in [5, 5.41) is 16.8. The number of aryl methyl sites for hydroxylation is 1. The molecule has 0 bridgehead atoms. The molecule has 0 aliphatic rings. The minimum atomic E-state index is -0.916. The predicted molar refractivity (Wildman–Crippen MR) is 67.5 cm³/mol. The van der Waals surface area contributed by atoms with Gasteiger partial charge in [0.05, 0.1) is 17.0 Å². The SMILES string of the molecule is Cn1c(-c2ccn[nH]2)cc2ccc(C(=O)O)cc21. The molecule has 0 fully saturated rings. The van der Waals surface area contributed by atoms with Crippen molar-refractivity contribution >= 4 is 16.9 Å². The molecule has 0 spiro atoms. The van der Waals surface area contributed by atoms with Crippen LogP contribution in [-0.4, -0.2) is 25.8 Å². The first kappa shape index (κ1) is 10.6. The summed E-state index contributed by atoms with van der Waals surface area (Å²) in [7, 11) is 1.91. The van der Waals surface area contributed by atoms with Crippen molar-refractivity contribution in [2.24, 2.45) is 7.05 Å². The van der Waals surface area contributed by atoms with Crippen LogP contribution in [0.1, 0.15) is 10.4 Å². The van der Waals surface area contributed by atoms with Crippen LogP contribution in [0.4, 0.5) is 0 Å². The van der Waals surface area contributed by atoms with E-state index in [2.05, 4.69) is 10.2 Å². The fourth-order valence-corrected chi connectivity index (χ4v) is 2.12. The molecule has 0 radical (unpaired) electrons. The molecule has 18 heavy (non-hydrogen) atoms. The van der Waals surface area contributed by atoms with Crippen molar-refractivity contribution in [1.82, 2.24) is 14.8 Å². The van der Waals surface area contributed by atoms with Gasteiger partial charge in [0.1, 0.15) is 0 Å². The molecular weight excluding hydrogens is 230 g/mol. The highest BCUT2D eigenvalue weighted by Crippen LogP contribution is 2.26. The molecule has 90 valence electrons. The van der Waals surface area contributed by atoms with Gasteiger partial charge >= 0.3 is 5.97 Å². The fourth-order valence-electron chi connectivity index (χ4n) is 2.12. The zero-order chi connectivity index (χ0) is 12.7. The summed E-state index contributed by atoms with van der Waals surface area (Å²) in [6, 6.07) is 9.00. The number of hydrogen-bond acceptors (Lipinski definition) is 2. The minimum absolute atomic E-state index is 0.292. The molecular formula is C13H11N3O2. The van der Waals surface area contributed by atoms with Crippen LogP contribution in [0.5, 0.6) is 0 Å². The summed E-state index contributed by atoms with van der Waals surface area (Å²) in [5.74, 6) is -0.916. The highest BCUT2D eigenvalue weighted by molar-refractivity contribution is 5.95. The first-order chi connectivity index (χ1) is 8.66. The van der Waals surface area contributed by atoms with Crippen molar-refractivity contribution in [3.63, 3.8) is 0 Å². The number of aromatic nitrogens is 3. The largest absolute Gasteiger partial charge is 0.478 e. The van der Waals surface area contributed by atoms with Crippen molar-refractivity contribution in [2.75, 3.05) is 0 Å². The van der Waals surface area contributed by atoms with Gasteiger partial charge in [0, 0.05) is 24.1 Å². The van der Waals surface area contributed by atoms with Crippen LogP contribution in [0.15, 0.2) is 36.5 Å². The third-order valence-electron chi connectivity index (χ3n) is 3.07. The van der Waals surface area contributed by atoms with E-state index in [1.807, 2.05) is 29.8 Å². The number of benzene rings is 1. The summed E-state index contributed by atoms with van der Waals surface area (Å²) in [4.78, 5) is 11.0. The van der Waals surface area contributed by atoms with Gasteiger partial charge in [-0.05, 0) is 24.3 Å². The maximum absolute atomic E-state index is 11.0. The Morgan fingerprint density at radius 2 is 2.17 bits per heavy atom. The van der Waals surface area contributed by atoms with Crippen molar-refractivity contribution in [2.45, 2.75) is 0 Å². The van der Waals surface area contributed by atoms with Crippen LogP contribution in [0.3, 0.4) is 0 Å². The number of carboxylic acids is 1. The average Bonchev–Trinajstić information content (AvgIpc) is 2.97. The highest BCUT2D eigenvalue weighted by Gasteiger charge is 2.11. The number of hydrogen-bond donors (Lipinski definition) is 2. The lowest BCUT2D eigenvalue weighted by molar-refractivity contribution is 0.0697. The third-order valence-corrected chi connectivity index (χ3v) is 3.07. The second kappa shape index (κ2) is 3.73. The molecule has 2 heterocycles. The topological polar surface area (TPSA) is 70.9 Å². The first-order valence-electron chi connectivity index (χ1n) is 5.49. The monoisotopic (exact) mass is 241 g/mol. The van der Waals surface area contributed by atoms with Gasteiger partial charge in [-0.3, -0.25) is 5.10 Å². The second-order valence-electron chi connectivity index (χ2n) is 4.14. The lowest BCUT2D eigenvalue weighted by Crippen LogP contribution is -1.97. The van der Waals surface area contributed by atoms with E-state index >= 15 is 0 Å². The lowest BCUT2D eigenvalue weighted by atomic mass is 10.1. The molecule has 0 atom stereocenters. The van der Waals surface area contributed by atoms with E-state index < -0.39 is 5.97 Å². The van der Waals surface area contributed by atoms with Crippen LogP contribution < -0.4 is 0 Å². The Kier molecular flexibility index (Phi) is 2.19. The number of nitrogens with one attached hydrogen (secondary N) is 1. The Labute approximate surface area is 103 Å². The molecule has 0 amide bonds. The summed E-state index contributed by atoms with van der Waals surface area (Å²) in [6.45, 7) is 0. The lowest BCUT2D eigenvalue weighted by Gasteiger charge is -2.02. The molecule has 0 saturated carbocycles. The number of aromatic amines is 1. The first-order valence-corrected chi connectivity index (χ1v) is 5.49. The van der Waals surface area contributed by atoms with Crippen molar-refractivity contribution in [3.8, 4) is 11.4 Å². The molecule has 5 nitrogen and oxygen atoms in total. The Hall–Kier alpha value is -2.56. The number of rotatable bonds is 2. The van der Waals surface area contributed by atoms with Crippen LogP contribution in [-0.2, 0) is 7.05 Å². The number of fused-ring (bicyclic) bond motifs is 1. The molecule has 5 heteroatoms. The van der Waals surface area contributed by atoms with Gasteiger partial charge in [-0.1, -0.05) is 6.07 Å². The summed E-state index contributed by atoms with van der Waals surface area (Å²) < 4.78 is 1.95. The van der Waals surface area contributed by atoms with Gasteiger partial charge in [-0.25, -0.2) is 4.79 Å². The third kappa shape index (κ3) is 1.48. The van der Waals surface area contributed by atoms with E-state index in [0.717, 1.165) is 22.3 Å². The molecule has 0 saturated heterocycles. The molecule has 2 N–H and O–H groups in total. The number of nitrogens with zero attached hydrogens (tertiary/aromatic N) is 2. The summed E-state index contributed by atoms with van der Waals surface area (Å²) >= 11 is 0. The van der Waals surface area contributed by atoms with Gasteiger partial charge in [0.2, 0.25) is 0 Å². The molecule has 2 aromatic heterocycles. The van der Waals surface area contributed by atoms with Gasteiger partial charge < -0.3 is 9.67 Å². The van der Waals surface area contributed by atoms with Gasteiger partial charge in [-0.2, -0.15) is 5.10 Å². The summed E-state index contributed by atoms with van der Waals surface area (Å²) in [5.41, 5.74) is 3.06. The molecule has 0 aliphatic carbocycles. The van der Waals surface area contributed by atoms with Crippen molar-refractivity contribution < 1.29 is 9.90 Å². The average molecular weight is 241 g/mol. The Bertz CT molecular complexity index is 726. The number of aromatic carboxylic acids is 1. The number of carboxylic acid groups (broad SMARTS) is 1. The van der Waals surface area contributed by atoms with Crippen LogP contribution in [0, 0.1) is 0 Å². The quantitative estimate of drug-likeness (QED) is 0.723. The molecule has 0 unspecified atom stereocenters. The number of H-pyrrole nitrogens is 1. The van der Waals surface area contributed by atoms with Crippen molar-refractivity contribution in [3.05, 3.63) is 42.1 Å². The zero-order valence-electron chi connectivity index (χ0n) is 9.71. The molecule has 3 aromatic rings. The number of carbonyl (C=O) groups is 1. The smallest absolute Gasteiger partial charge is 0.335 e. The maximum Gasteiger partial charge on any atom is 0.335 e. The van der Waals surface area contributed by atoms with Gasteiger partial charge in [-0.15, -0.1) is 0 Å². The van der Waals surface area contributed by atoms with E-state index in [9.17, 15) is 4.79 Å². The Balaban J connectivity index is 2.25. The van der Waals surface area contributed by atoms with E-state index in [0.29, 0.717) is 5.56 Å². The van der Waals surface area contributed by atoms with Gasteiger partial charge in [0.25, 0.3) is 0 Å². The normalized spacial score (nSPS) is 10.9. The predicted octanol–water partition coefficient (Wildman–Crippen LogP) is 2.27. The van der Waals surface area contributed by atoms with Crippen LogP contribution in [0.2, 0.25) is 0 Å². The van der Waals surface area contributed by atoms with Crippen LogP contribution in [0.25, 0.3) is 22.3 Å². The standard InChI is InChI=1S/C13H11N3O2/c1-16-11-7-9(13(17)18)3-2-8(11)6-12(16)10-4-5-14-15-10/h2-7H,1H3,(H,14,15)(H,17,18). The summed E-state index contributed by atoms with van der Waals surface area (Å²) in [6.07, 6.45) is 1.69. The van der Waals surface area contributed by atoms with E-state index in [1.165, 1.54) is 0 Å². The Morgan fingerprint density at radius 1 is 1.33 bits per heavy atom. The van der Waals surface area contributed by atoms with Crippen LogP contribution >= 0.6 is 0 Å². The zero-order valence-corrected chi connectivity index (χ0v) is 9.71. The van der Waals surface area contributed by atoms with Gasteiger partial charge in [0.15, 0.2) is 0 Å². The van der Waals surface area contributed by atoms with E-state index in [-0.39, 0.29) is 0 Å². The molecule has 1 aromatic carbocycles. The highest BCUT2D eigenvalue weighted by atomic mass is 16.4.